The van der Waals surface area contributed by atoms with Crippen molar-refractivity contribution in [3.63, 3.8) is 0 Å². The Morgan fingerprint density at radius 1 is 1.33 bits per heavy atom. The van der Waals surface area contributed by atoms with Gasteiger partial charge in [-0.1, -0.05) is 0 Å². The molecule has 0 aliphatic carbocycles. The van der Waals surface area contributed by atoms with Gasteiger partial charge in [0, 0.05) is 12.2 Å². The highest BCUT2D eigenvalue weighted by Crippen LogP contribution is 2.34. The number of aryl methyl sites for hydroxylation is 1. The van der Waals surface area contributed by atoms with Crippen molar-refractivity contribution in [1.82, 2.24) is 0 Å². The fourth-order valence-corrected chi connectivity index (χ4v) is 1.38. The lowest BCUT2D eigenvalue weighted by Gasteiger charge is -2.15. The average Bonchev–Trinajstić information content (AvgIpc) is 2.28. The van der Waals surface area contributed by atoms with Crippen LogP contribution in [0, 0.1) is 12.7 Å². The molecule has 18 heavy (non-hydrogen) atoms. The van der Waals surface area contributed by atoms with Gasteiger partial charge in [0.25, 0.3) is 0 Å². The molecule has 0 radical (unpaired) electrons. The summed E-state index contributed by atoms with van der Waals surface area (Å²) in [6, 6.07) is 1.83. The number of anilines is 1. The maximum Gasteiger partial charge on any atom is 0.419 e. The summed E-state index contributed by atoms with van der Waals surface area (Å²) in [4.78, 5) is 0. The molecular formula is C11H13F4NO2. The van der Waals surface area contributed by atoms with Crippen molar-refractivity contribution in [2.24, 2.45) is 0 Å². The number of hydrogen-bond acceptors (Lipinski definition) is 3. The van der Waals surface area contributed by atoms with Crippen LogP contribution in [0.15, 0.2) is 12.1 Å². The van der Waals surface area contributed by atoms with E-state index in [1.165, 1.54) is 13.0 Å². The average molecular weight is 267 g/mol. The van der Waals surface area contributed by atoms with Gasteiger partial charge in [0.05, 0.1) is 18.3 Å². The molecule has 0 aliphatic rings. The molecule has 0 bridgehead atoms. The van der Waals surface area contributed by atoms with E-state index < -0.39 is 30.3 Å². The molecule has 0 aliphatic heterocycles. The van der Waals surface area contributed by atoms with E-state index in [0.29, 0.717) is 6.07 Å². The zero-order valence-corrected chi connectivity index (χ0v) is 9.55. The Balaban J connectivity index is 2.98. The highest BCUT2D eigenvalue weighted by molar-refractivity contribution is 5.50. The standard InChI is InChI=1S/C11H13F4NO2/c1-6-2-7(16-4-8(18)5-17)3-9(10(6)12)11(13,14)15/h2-3,8,16-18H,4-5H2,1H3. The molecule has 1 atom stereocenters. The van der Waals surface area contributed by atoms with Gasteiger partial charge in [0.15, 0.2) is 0 Å². The summed E-state index contributed by atoms with van der Waals surface area (Å²) in [5, 5.41) is 20.1. The number of rotatable bonds is 4. The topological polar surface area (TPSA) is 52.5 Å². The second-order valence-corrected chi connectivity index (χ2v) is 3.87. The van der Waals surface area contributed by atoms with Gasteiger partial charge < -0.3 is 15.5 Å². The van der Waals surface area contributed by atoms with Gasteiger partial charge in [0.1, 0.15) is 5.82 Å². The zero-order chi connectivity index (χ0) is 13.9. The lowest BCUT2D eigenvalue weighted by atomic mass is 10.1. The van der Waals surface area contributed by atoms with Crippen molar-refractivity contribution in [1.29, 1.82) is 0 Å². The Kier molecular flexibility index (Phi) is 4.53. The number of nitrogens with one attached hydrogen (secondary N) is 1. The van der Waals surface area contributed by atoms with E-state index in [4.69, 9.17) is 10.2 Å². The quantitative estimate of drug-likeness (QED) is 0.730. The largest absolute Gasteiger partial charge is 0.419 e. The molecule has 0 heterocycles. The second kappa shape index (κ2) is 5.53. The maximum absolute atomic E-state index is 13.3. The van der Waals surface area contributed by atoms with Crippen molar-refractivity contribution in [2.75, 3.05) is 18.5 Å². The first-order valence-electron chi connectivity index (χ1n) is 5.16. The smallest absolute Gasteiger partial charge is 0.394 e. The lowest BCUT2D eigenvalue weighted by Crippen LogP contribution is -2.23. The van der Waals surface area contributed by atoms with Gasteiger partial charge in [-0.3, -0.25) is 0 Å². The van der Waals surface area contributed by atoms with Crippen LogP contribution in [-0.4, -0.2) is 29.5 Å². The van der Waals surface area contributed by atoms with Crippen LogP contribution in [0.3, 0.4) is 0 Å². The van der Waals surface area contributed by atoms with Gasteiger partial charge >= 0.3 is 6.18 Å². The fourth-order valence-electron chi connectivity index (χ4n) is 1.38. The molecule has 0 saturated heterocycles. The number of benzene rings is 1. The van der Waals surface area contributed by atoms with Crippen molar-refractivity contribution in [3.05, 3.63) is 29.1 Å². The third-order valence-electron chi connectivity index (χ3n) is 2.31. The molecule has 3 N–H and O–H groups in total. The summed E-state index contributed by atoms with van der Waals surface area (Å²) in [5.41, 5.74) is -1.47. The molecule has 0 saturated carbocycles. The maximum atomic E-state index is 13.3. The minimum atomic E-state index is -4.78. The highest BCUT2D eigenvalue weighted by Gasteiger charge is 2.35. The number of aliphatic hydroxyl groups excluding tert-OH is 2. The molecule has 1 rings (SSSR count). The first-order chi connectivity index (χ1) is 8.25. The van der Waals surface area contributed by atoms with Crippen molar-refractivity contribution >= 4 is 5.69 Å². The summed E-state index contributed by atoms with van der Waals surface area (Å²) >= 11 is 0. The van der Waals surface area contributed by atoms with Gasteiger partial charge in [-0.2, -0.15) is 13.2 Å². The van der Waals surface area contributed by atoms with Gasteiger partial charge in [-0.25, -0.2) is 4.39 Å². The monoisotopic (exact) mass is 267 g/mol. The molecule has 3 nitrogen and oxygen atoms in total. The molecule has 0 fully saturated rings. The van der Waals surface area contributed by atoms with E-state index in [9.17, 15) is 17.6 Å². The van der Waals surface area contributed by atoms with E-state index >= 15 is 0 Å². The third-order valence-corrected chi connectivity index (χ3v) is 2.31. The number of alkyl halides is 3. The van der Waals surface area contributed by atoms with E-state index in [2.05, 4.69) is 5.32 Å². The Hall–Kier alpha value is -1.34. The second-order valence-electron chi connectivity index (χ2n) is 3.87. The van der Waals surface area contributed by atoms with Gasteiger partial charge in [0.2, 0.25) is 0 Å². The normalized spacial score (nSPS) is 13.5. The summed E-state index contributed by atoms with van der Waals surface area (Å²) in [6.45, 7) is 0.580. The first kappa shape index (κ1) is 14.7. The van der Waals surface area contributed by atoms with Crippen LogP contribution in [0.1, 0.15) is 11.1 Å². The minimum Gasteiger partial charge on any atom is -0.394 e. The molecule has 0 aromatic heterocycles. The van der Waals surface area contributed by atoms with Crippen LogP contribution >= 0.6 is 0 Å². The SMILES string of the molecule is Cc1cc(NCC(O)CO)cc(C(F)(F)F)c1F. The highest BCUT2D eigenvalue weighted by atomic mass is 19.4. The molecule has 102 valence electrons. The predicted molar refractivity (Wildman–Crippen MR) is 57.7 cm³/mol. The Morgan fingerprint density at radius 3 is 2.44 bits per heavy atom. The molecule has 1 aromatic rings. The van der Waals surface area contributed by atoms with Gasteiger partial charge in [-0.15, -0.1) is 0 Å². The molecule has 0 spiro atoms. The Morgan fingerprint density at radius 2 is 1.94 bits per heavy atom. The van der Waals surface area contributed by atoms with Crippen molar-refractivity contribution in [3.8, 4) is 0 Å². The van der Waals surface area contributed by atoms with E-state index in [-0.39, 0.29) is 17.8 Å². The molecule has 1 unspecified atom stereocenters. The Labute approximate surface area is 101 Å². The first-order valence-corrected chi connectivity index (χ1v) is 5.16. The van der Waals surface area contributed by atoms with Crippen LogP contribution in [0.2, 0.25) is 0 Å². The molecule has 0 amide bonds. The fraction of sp³-hybridized carbons (Fsp3) is 0.455. The summed E-state index contributed by atoms with van der Waals surface area (Å²) < 4.78 is 50.9. The number of aliphatic hydroxyl groups is 2. The van der Waals surface area contributed by atoms with Crippen LogP contribution < -0.4 is 5.32 Å². The van der Waals surface area contributed by atoms with Crippen molar-refractivity contribution < 1.29 is 27.8 Å². The number of halogens is 4. The zero-order valence-electron chi connectivity index (χ0n) is 9.55. The van der Waals surface area contributed by atoms with Crippen LogP contribution in [0.25, 0.3) is 0 Å². The third kappa shape index (κ3) is 3.58. The van der Waals surface area contributed by atoms with E-state index in [0.717, 1.165) is 0 Å². The molecular weight excluding hydrogens is 254 g/mol. The van der Waals surface area contributed by atoms with Crippen molar-refractivity contribution in [2.45, 2.75) is 19.2 Å². The number of hydrogen-bond donors (Lipinski definition) is 3. The van der Waals surface area contributed by atoms with Gasteiger partial charge in [-0.05, 0) is 24.6 Å². The lowest BCUT2D eigenvalue weighted by molar-refractivity contribution is -0.140. The Bertz CT molecular complexity index is 420. The van der Waals surface area contributed by atoms with Crippen LogP contribution in [0.5, 0.6) is 0 Å². The predicted octanol–water partition coefficient (Wildman–Crippen LogP) is 1.92. The molecule has 7 heteroatoms. The minimum absolute atomic E-state index is 0.0359. The molecule has 1 aromatic carbocycles. The summed E-state index contributed by atoms with van der Waals surface area (Å²) in [7, 11) is 0. The summed E-state index contributed by atoms with van der Waals surface area (Å²) in [6.07, 6.45) is -5.87. The van der Waals surface area contributed by atoms with E-state index in [1.807, 2.05) is 0 Å². The van der Waals surface area contributed by atoms with Crippen LogP contribution in [-0.2, 0) is 6.18 Å². The van der Waals surface area contributed by atoms with E-state index in [1.54, 1.807) is 0 Å². The van der Waals surface area contributed by atoms with Crippen LogP contribution in [0.4, 0.5) is 23.2 Å². The summed E-state index contributed by atoms with van der Waals surface area (Å²) in [5.74, 6) is -1.31.